The van der Waals surface area contributed by atoms with Gasteiger partial charge in [-0.25, -0.2) is 24.2 Å². The second-order valence-electron chi connectivity index (χ2n) is 19.9. The van der Waals surface area contributed by atoms with Crippen LogP contribution < -0.4 is 0 Å². The molecular weight excluding hydrogens is 989 g/mol. The number of rotatable bonds is 8. The molecule has 0 spiro atoms. The highest BCUT2D eigenvalue weighted by atomic mass is 15.0. The Morgan fingerprint density at radius 2 is 0.753 bits per heavy atom. The molecule has 2 aromatic heterocycles. The zero-order chi connectivity index (χ0) is 55.3. The van der Waals surface area contributed by atoms with Crippen molar-refractivity contribution in [2.45, 2.75) is 6.92 Å². The molecule has 8 nitrogen and oxygen atoms in total. The molecule has 0 aliphatic rings. The first-order valence-corrected chi connectivity index (χ1v) is 26.0. The molecule has 0 aliphatic carbocycles. The van der Waals surface area contributed by atoms with Crippen LogP contribution in [0.3, 0.4) is 0 Å². The van der Waals surface area contributed by atoms with Crippen LogP contribution in [0, 0.1) is 51.1 Å². The van der Waals surface area contributed by atoms with Crippen molar-refractivity contribution < 1.29 is 0 Å². The first kappa shape index (κ1) is 48.6. The fraction of sp³-hybridized carbons (Fsp3) is 0.0137. The van der Waals surface area contributed by atoms with Gasteiger partial charge in [0.25, 0.3) is 0 Å². The van der Waals surface area contributed by atoms with Crippen molar-refractivity contribution in [3.05, 3.63) is 293 Å². The molecule has 2 heterocycles. The van der Waals surface area contributed by atoms with E-state index in [1.54, 1.807) is 6.07 Å². The lowest BCUT2D eigenvalue weighted by Crippen LogP contribution is -2.02. The Morgan fingerprint density at radius 3 is 1.21 bits per heavy atom. The maximum absolute atomic E-state index is 9.91. The lowest BCUT2D eigenvalue weighted by Gasteiger charge is -2.21. The van der Waals surface area contributed by atoms with Crippen LogP contribution in [0.25, 0.3) is 146 Å². The van der Waals surface area contributed by atoms with Gasteiger partial charge in [-0.3, -0.25) is 0 Å². The van der Waals surface area contributed by atoms with Gasteiger partial charge in [-0.2, -0.15) is 5.26 Å². The molecule has 13 rings (SSSR count). The Labute approximate surface area is 467 Å². The molecule has 0 amide bonds. The number of nitrogens with zero attached hydrogens (tertiary/aromatic N) is 8. The van der Waals surface area contributed by atoms with Crippen molar-refractivity contribution in [1.82, 2.24) is 9.13 Å². The smallest absolute Gasteiger partial charge is 0.197 e. The van der Waals surface area contributed by atoms with E-state index >= 15 is 0 Å². The minimum absolute atomic E-state index is 0.428. The quantitative estimate of drug-likeness (QED) is 0.140. The average molecular weight is 1030 g/mol. The second kappa shape index (κ2) is 19.8. The molecule has 0 bridgehead atoms. The molecule has 0 saturated carbocycles. The Hall–Kier alpha value is -12.0. The van der Waals surface area contributed by atoms with Crippen molar-refractivity contribution in [3.63, 3.8) is 0 Å². The van der Waals surface area contributed by atoms with Crippen molar-refractivity contribution in [2.75, 3.05) is 0 Å². The number of fused-ring (bicyclic) bond motifs is 6. The highest BCUT2D eigenvalue weighted by Crippen LogP contribution is 2.48. The summed E-state index contributed by atoms with van der Waals surface area (Å²) in [6, 6.07) is 76.6. The molecule has 0 fully saturated rings. The normalized spacial score (nSPS) is 11.0. The molecule has 11 aromatic carbocycles. The van der Waals surface area contributed by atoms with E-state index in [9.17, 15) is 5.26 Å². The van der Waals surface area contributed by atoms with E-state index in [0.29, 0.717) is 39.6 Å². The molecule has 0 saturated heterocycles. The predicted octanol–water partition coefficient (Wildman–Crippen LogP) is 20.8. The van der Waals surface area contributed by atoms with Crippen molar-refractivity contribution >= 4 is 72.0 Å². The summed E-state index contributed by atoms with van der Waals surface area (Å²) >= 11 is 0. The van der Waals surface area contributed by atoms with Crippen LogP contribution in [0.4, 0.5) is 28.4 Å². The molecule has 81 heavy (non-hydrogen) atoms. The summed E-state index contributed by atoms with van der Waals surface area (Å²) < 4.78 is 4.52. The van der Waals surface area contributed by atoms with Gasteiger partial charge in [0.1, 0.15) is 0 Å². The summed E-state index contributed by atoms with van der Waals surface area (Å²) in [6.45, 7) is 42.7. The van der Waals surface area contributed by atoms with E-state index in [4.69, 9.17) is 32.9 Å². The summed E-state index contributed by atoms with van der Waals surface area (Å²) in [4.78, 5) is 19.5. The third-order valence-corrected chi connectivity index (χ3v) is 15.3. The fourth-order valence-corrected chi connectivity index (χ4v) is 11.5. The van der Waals surface area contributed by atoms with Crippen molar-refractivity contribution in [2.24, 2.45) is 0 Å². The molecule has 13 aromatic rings. The third-order valence-electron chi connectivity index (χ3n) is 15.3. The largest absolute Gasteiger partial charge is 0.310 e. The molecular formula is C73H40N8. The van der Waals surface area contributed by atoms with Gasteiger partial charge in [0.15, 0.2) is 28.4 Å². The van der Waals surface area contributed by atoms with E-state index in [0.717, 1.165) is 122 Å². The standard InChI is InChI=1S/C73H40N8/c1-45-22-28-59(66(34-45)79-6)55-27-33-71(80-67-29-24-52(48-14-8-17-56(36-48)75-2)40-60(67)61-41-53(25-30-68(61)80)49-15-9-18-57(37-49)76-3)64(43-55)73-65(78-5)20-11-21-72(73)81-69-31-23-51(47-13-7-12-46(35-47)44-74)39-62(69)63-42-54(26-32-70(63)81)50-16-10-19-58(38-50)77-4/h7-43H,1H3. The highest BCUT2D eigenvalue weighted by Gasteiger charge is 2.25. The topological polar surface area (TPSA) is 55.5 Å². The Kier molecular flexibility index (Phi) is 11.9. The number of benzene rings is 11. The maximum Gasteiger partial charge on any atom is 0.197 e. The van der Waals surface area contributed by atoms with E-state index in [1.165, 1.54) is 0 Å². The number of hydrogen-bond acceptors (Lipinski definition) is 1. The Bertz CT molecular complexity index is 4870. The minimum Gasteiger partial charge on any atom is -0.310 e. The molecule has 0 N–H and O–H groups in total. The van der Waals surface area contributed by atoms with Crippen LogP contribution in [0.2, 0.25) is 0 Å². The van der Waals surface area contributed by atoms with Crippen LogP contribution >= 0.6 is 0 Å². The number of nitriles is 1. The van der Waals surface area contributed by atoms with Gasteiger partial charge in [0.05, 0.1) is 72.2 Å². The first-order valence-electron chi connectivity index (χ1n) is 26.0. The summed E-state index contributed by atoms with van der Waals surface area (Å²) in [5.74, 6) is 0. The molecule has 372 valence electrons. The number of aryl methyl sites for hydroxylation is 1. The van der Waals surface area contributed by atoms with E-state index in [1.807, 2.05) is 128 Å². The van der Waals surface area contributed by atoms with Crippen molar-refractivity contribution in [3.8, 4) is 84.2 Å². The molecule has 0 unspecified atom stereocenters. The monoisotopic (exact) mass is 1030 g/mol. The zero-order valence-corrected chi connectivity index (χ0v) is 43.4. The van der Waals surface area contributed by atoms with Gasteiger partial charge in [-0.05, 0) is 165 Å². The summed E-state index contributed by atoms with van der Waals surface area (Å²) in [5.41, 5.74) is 19.8. The van der Waals surface area contributed by atoms with Gasteiger partial charge in [0, 0.05) is 32.8 Å². The molecule has 0 aliphatic heterocycles. The van der Waals surface area contributed by atoms with Crippen LogP contribution in [-0.4, -0.2) is 9.13 Å². The van der Waals surface area contributed by atoms with Crippen LogP contribution in [0.15, 0.2) is 224 Å². The Balaban J connectivity index is 1.13. The molecule has 0 radical (unpaired) electrons. The van der Waals surface area contributed by atoms with Gasteiger partial charge < -0.3 is 9.13 Å². The average Bonchev–Trinajstić information content (AvgIpc) is 3.98. The number of aromatic nitrogens is 2. The van der Waals surface area contributed by atoms with Gasteiger partial charge >= 0.3 is 0 Å². The maximum atomic E-state index is 9.91. The van der Waals surface area contributed by atoms with Crippen LogP contribution in [0.5, 0.6) is 0 Å². The summed E-state index contributed by atoms with van der Waals surface area (Å²) in [7, 11) is 0. The molecule has 8 heteroatoms. The number of hydrogen-bond donors (Lipinski definition) is 0. The van der Waals surface area contributed by atoms with E-state index < -0.39 is 0 Å². The van der Waals surface area contributed by atoms with Crippen molar-refractivity contribution in [1.29, 1.82) is 5.26 Å². The zero-order valence-electron chi connectivity index (χ0n) is 43.4. The van der Waals surface area contributed by atoms with Crippen LogP contribution in [-0.2, 0) is 0 Å². The third kappa shape index (κ3) is 8.37. The molecule has 0 atom stereocenters. The lowest BCUT2D eigenvalue weighted by molar-refractivity contribution is 1.16. The van der Waals surface area contributed by atoms with Gasteiger partial charge in [-0.1, -0.05) is 133 Å². The van der Waals surface area contributed by atoms with Gasteiger partial charge in [0.2, 0.25) is 0 Å². The predicted molar refractivity (Wildman–Crippen MR) is 328 cm³/mol. The minimum atomic E-state index is 0.428. The Morgan fingerprint density at radius 1 is 0.333 bits per heavy atom. The van der Waals surface area contributed by atoms with Gasteiger partial charge in [-0.15, -0.1) is 0 Å². The van der Waals surface area contributed by atoms with E-state index in [-0.39, 0.29) is 0 Å². The highest BCUT2D eigenvalue weighted by molar-refractivity contribution is 6.15. The summed E-state index contributed by atoms with van der Waals surface area (Å²) in [5, 5.41) is 13.8. The second-order valence-corrected chi connectivity index (χ2v) is 19.9. The lowest BCUT2D eigenvalue weighted by atomic mass is 9.93. The van der Waals surface area contributed by atoms with E-state index in [2.05, 4.69) is 136 Å². The first-order chi connectivity index (χ1) is 39.7. The fourth-order valence-electron chi connectivity index (χ4n) is 11.5. The SMILES string of the molecule is [C-]#[N+]c1cccc(-c2ccc3c(c2)c2cc(-c4cccc([N+]#[C-])c4)ccc2n3-c2ccc(-c3ccc(C)cc3[N+]#[C-])cc2-c2c([N+]#[C-])cccc2-n2c3ccc(-c4cccc(C#N)c4)cc3c3cc(-c4cccc([N+]#[C-])c4)ccc32)c1. The van der Waals surface area contributed by atoms with Crippen LogP contribution in [0.1, 0.15) is 11.1 Å². The summed E-state index contributed by atoms with van der Waals surface area (Å²) in [6.07, 6.45) is 0.